The summed E-state index contributed by atoms with van der Waals surface area (Å²) in [5.74, 6) is 0.431. The van der Waals surface area contributed by atoms with E-state index in [1.165, 1.54) is 6.66 Å². The summed E-state index contributed by atoms with van der Waals surface area (Å²) in [7, 11) is -3.55. The minimum Gasteiger partial charge on any atom is -0.424 e. The second kappa shape index (κ2) is 4.97. The first-order chi connectivity index (χ1) is 8.46. The van der Waals surface area contributed by atoms with Crippen LogP contribution in [0.5, 0.6) is 5.75 Å². The zero-order chi connectivity index (χ0) is 13.2. The molecule has 2 aromatic carbocycles. The van der Waals surface area contributed by atoms with E-state index in [9.17, 15) is 9.46 Å². The minimum atomic E-state index is -3.55. The van der Waals surface area contributed by atoms with Crippen molar-refractivity contribution in [2.75, 3.05) is 6.66 Å². The molecule has 0 saturated heterocycles. The topological polar surface area (TPSA) is 46.5 Å². The van der Waals surface area contributed by atoms with Crippen LogP contribution in [0.25, 0.3) is 11.1 Å². The van der Waals surface area contributed by atoms with E-state index in [1.54, 1.807) is 6.07 Å². The minimum absolute atomic E-state index is 0.431. The van der Waals surface area contributed by atoms with E-state index >= 15 is 0 Å². The first-order valence-corrected chi connectivity index (χ1v) is 7.64. The Balaban J connectivity index is 2.51. The van der Waals surface area contributed by atoms with Crippen LogP contribution in [-0.4, -0.2) is 11.6 Å². The summed E-state index contributed by atoms with van der Waals surface area (Å²) in [6.45, 7) is 3.16. The third-order valence-electron chi connectivity index (χ3n) is 2.49. The number of benzene rings is 2. The predicted octanol–water partition coefficient (Wildman–Crippen LogP) is 3.86. The molecule has 3 nitrogen and oxygen atoms in total. The maximum Gasteiger partial charge on any atom is 0.373 e. The fourth-order valence-electron chi connectivity index (χ4n) is 1.75. The molecule has 2 aromatic rings. The molecule has 18 heavy (non-hydrogen) atoms. The van der Waals surface area contributed by atoms with Gasteiger partial charge in [-0.15, -0.1) is 0 Å². The average Bonchev–Trinajstić information content (AvgIpc) is 2.31. The molecular formula is C14H15O3P. The molecule has 4 heteroatoms. The van der Waals surface area contributed by atoms with E-state index in [0.29, 0.717) is 5.75 Å². The highest BCUT2D eigenvalue weighted by Gasteiger charge is 2.15. The second-order valence-corrected chi connectivity index (χ2v) is 6.05. The van der Waals surface area contributed by atoms with Gasteiger partial charge in [-0.05, 0) is 24.6 Å². The van der Waals surface area contributed by atoms with Gasteiger partial charge in [-0.2, -0.15) is 0 Å². The van der Waals surface area contributed by atoms with Crippen molar-refractivity contribution in [3.8, 4) is 16.9 Å². The Morgan fingerprint density at radius 2 is 1.78 bits per heavy atom. The number of rotatable bonds is 3. The molecule has 0 aromatic heterocycles. The van der Waals surface area contributed by atoms with Gasteiger partial charge in [-0.25, -0.2) is 4.57 Å². The van der Waals surface area contributed by atoms with E-state index in [0.717, 1.165) is 16.7 Å². The molecule has 1 N–H and O–H groups in total. The van der Waals surface area contributed by atoms with E-state index in [2.05, 4.69) is 0 Å². The normalized spacial score (nSPS) is 13.9. The molecule has 0 aliphatic carbocycles. The maximum atomic E-state index is 11.4. The van der Waals surface area contributed by atoms with E-state index in [1.807, 2.05) is 49.4 Å². The third kappa shape index (κ3) is 3.22. The standard InChI is InChI=1S/C14H15O3P/c1-11-8-9-14(17-18(2,15)16)13(10-11)12-6-4-3-5-7-12/h3-10H,1-2H3,(H,15,16). The van der Waals surface area contributed by atoms with Crippen LogP contribution in [0.15, 0.2) is 48.5 Å². The summed E-state index contributed by atoms with van der Waals surface area (Å²) in [6.07, 6.45) is 0. The van der Waals surface area contributed by atoms with Crippen LogP contribution in [0, 0.1) is 6.92 Å². The fourth-order valence-corrected chi connectivity index (χ4v) is 2.27. The Bertz CT molecular complexity index is 587. The number of hydrogen-bond donors (Lipinski definition) is 1. The van der Waals surface area contributed by atoms with Gasteiger partial charge in [0.25, 0.3) is 0 Å². The van der Waals surface area contributed by atoms with Crippen LogP contribution < -0.4 is 4.52 Å². The highest BCUT2D eigenvalue weighted by molar-refractivity contribution is 7.52. The highest BCUT2D eigenvalue weighted by Crippen LogP contribution is 2.42. The van der Waals surface area contributed by atoms with Crippen LogP contribution >= 0.6 is 7.60 Å². The predicted molar refractivity (Wildman–Crippen MR) is 73.0 cm³/mol. The molecule has 0 aliphatic heterocycles. The molecule has 0 amide bonds. The zero-order valence-electron chi connectivity index (χ0n) is 10.3. The lowest BCUT2D eigenvalue weighted by molar-refractivity contribution is 0.388. The molecule has 94 valence electrons. The zero-order valence-corrected chi connectivity index (χ0v) is 11.2. The average molecular weight is 262 g/mol. The van der Waals surface area contributed by atoms with Crippen LogP contribution in [0.4, 0.5) is 0 Å². The third-order valence-corrected chi connectivity index (χ3v) is 3.02. The Morgan fingerprint density at radius 3 is 2.39 bits per heavy atom. The first kappa shape index (κ1) is 12.9. The molecule has 0 bridgehead atoms. The van der Waals surface area contributed by atoms with Crippen LogP contribution in [0.3, 0.4) is 0 Å². The van der Waals surface area contributed by atoms with E-state index in [-0.39, 0.29) is 0 Å². The highest BCUT2D eigenvalue weighted by atomic mass is 31.2. The van der Waals surface area contributed by atoms with E-state index in [4.69, 9.17) is 4.52 Å². The van der Waals surface area contributed by atoms with Crippen molar-refractivity contribution in [2.24, 2.45) is 0 Å². The lowest BCUT2D eigenvalue weighted by Crippen LogP contribution is -1.93. The second-order valence-electron chi connectivity index (χ2n) is 4.26. The van der Waals surface area contributed by atoms with E-state index < -0.39 is 7.60 Å². The van der Waals surface area contributed by atoms with Gasteiger partial charge in [0.05, 0.1) is 0 Å². The largest absolute Gasteiger partial charge is 0.424 e. The van der Waals surface area contributed by atoms with Crippen molar-refractivity contribution < 1.29 is 14.0 Å². The fraction of sp³-hybridized carbons (Fsp3) is 0.143. The van der Waals surface area contributed by atoms with Gasteiger partial charge in [0, 0.05) is 12.2 Å². The molecule has 0 saturated carbocycles. The number of aryl methyl sites for hydroxylation is 1. The van der Waals surface area contributed by atoms with Gasteiger partial charge >= 0.3 is 7.60 Å². The molecule has 0 radical (unpaired) electrons. The molecule has 2 rings (SSSR count). The van der Waals surface area contributed by atoms with Gasteiger partial charge in [0.2, 0.25) is 0 Å². The summed E-state index contributed by atoms with van der Waals surface area (Å²) in [4.78, 5) is 9.35. The van der Waals surface area contributed by atoms with Gasteiger partial charge in [-0.1, -0.05) is 42.0 Å². The summed E-state index contributed by atoms with van der Waals surface area (Å²) < 4.78 is 16.5. The first-order valence-electron chi connectivity index (χ1n) is 5.62. The van der Waals surface area contributed by atoms with Crippen molar-refractivity contribution in [2.45, 2.75) is 6.92 Å². The van der Waals surface area contributed by atoms with Crippen LogP contribution in [0.2, 0.25) is 0 Å². The van der Waals surface area contributed by atoms with Crippen molar-refractivity contribution >= 4 is 7.60 Å². The Hall–Kier alpha value is -1.57. The van der Waals surface area contributed by atoms with Crippen molar-refractivity contribution in [1.29, 1.82) is 0 Å². The Labute approximate surface area is 107 Å². The Morgan fingerprint density at radius 1 is 1.11 bits per heavy atom. The van der Waals surface area contributed by atoms with Crippen LogP contribution in [-0.2, 0) is 4.57 Å². The Kier molecular flexibility index (Phi) is 3.55. The number of hydrogen-bond acceptors (Lipinski definition) is 2. The van der Waals surface area contributed by atoms with Crippen molar-refractivity contribution in [1.82, 2.24) is 0 Å². The SMILES string of the molecule is Cc1ccc(OP(C)(=O)O)c(-c2ccccc2)c1. The molecule has 0 fully saturated rings. The summed E-state index contributed by atoms with van der Waals surface area (Å²) in [5, 5.41) is 0. The molecule has 0 heterocycles. The lowest BCUT2D eigenvalue weighted by atomic mass is 10.0. The van der Waals surface area contributed by atoms with Gasteiger partial charge < -0.3 is 9.42 Å². The molecule has 1 atom stereocenters. The molecule has 1 unspecified atom stereocenters. The van der Waals surface area contributed by atoms with Gasteiger partial charge in [-0.3, -0.25) is 0 Å². The summed E-state index contributed by atoms with van der Waals surface area (Å²) >= 11 is 0. The van der Waals surface area contributed by atoms with Crippen LogP contribution in [0.1, 0.15) is 5.56 Å². The summed E-state index contributed by atoms with van der Waals surface area (Å²) in [5.41, 5.74) is 2.86. The van der Waals surface area contributed by atoms with Gasteiger partial charge in [0.1, 0.15) is 5.75 Å². The maximum absolute atomic E-state index is 11.4. The van der Waals surface area contributed by atoms with Crippen molar-refractivity contribution in [3.05, 3.63) is 54.1 Å². The van der Waals surface area contributed by atoms with Gasteiger partial charge in [0.15, 0.2) is 0 Å². The lowest BCUT2D eigenvalue weighted by Gasteiger charge is -2.14. The van der Waals surface area contributed by atoms with Crippen molar-refractivity contribution in [3.63, 3.8) is 0 Å². The molecular weight excluding hydrogens is 247 g/mol. The molecule has 0 spiro atoms. The monoisotopic (exact) mass is 262 g/mol. The molecule has 0 aliphatic rings. The summed E-state index contributed by atoms with van der Waals surface area (Å²) in [6, 6.07) is 15.2. The quantitative estimate of drug-likeness (QED) is 0.854. The smallest absolute Gasteiger partial charge is 0.373 e.